The van der Waals surface area contributed by atoms with Crippen LogP contribution in [0.25, 0.3) is 0 Å². The molecule has 174 valence electrons. The molecule has 0 aliphatic heterocycles. The molecular formula is C26H29FN2O2S2. The van der Waals surface area contributed by atoms with Gasteiger partial charge in [0.05, 0.1) is 12.3 Å². The Kier molecular flexibility index (Phi) is 9.09. The van der Waals surface area contributed by atoms with Crippen LogP contribution in [-0.4, -0.2) is 40.0 Å². The molecule has 0 saturated heterocycles. The van der Waals surface area contributed by atoms with Gasteiger partial charge in [-0.25, -0.2) is 4.39 Å². The van der Waals surface area contributed by atoms with Crippen LogP contribution in [0, 0.1) is 12.7 Å². The third kappa shape index (κ3) is 7.44. The highest BCUT2D eigenvalue weighted by atomic mass is 32.2. The fraction of sp³-hybridized carbons (Fsp3) is 0.308. The van der Waals surface area contributed by atoms with Gasteiger partial charge < -0.3 is 9.80 Å². The average Bonchev–Trinajstić information content (AvgIpc) is 3.21. The summed E-state index contributed by atoms with van der Waals surface area (Å²) in [5.41, 5.74) is 1.98. The minimum Gasteiger partial charge on any atom is -0.332 e. The Balaban J connectivity index is 1.72. The summed E-state index contributed by atoms with van der Waals surface area (Å²) < 4.78 is 13.4. The smallest absolute Gasteiger partial charge is 0.242 e. The fourth-order valence-corrected chi connectivity index (χ4v) is 5.06. The van der Waals surface area contributed by atoms with Crippen molar-refractivity contribution in [2.45, 2.75) is 44.8 Å². The van der Waals surface area contributed by atoms with Crippen LogP contribution in [0.5, 0.6) is 0 Å². The molecule has 7 heteroatoms. The predicted octanol–water partition coefficient (Wildman–Crippen LogP) is 5.75. The molecule has 0 saturated carbocycles. The van der Waals surface area contributed by atoms with E-state index in [1.165, 1.54) is 23.9 Å². The second kappa shape index (κ2) is 12.0. The fourth-order valence-electron chi connectivity index (χ4n) is 3.33. The van der Waals surface area contributed by atoms with E-state index in [1.807, 2.05) is 62.5 Å². The van der Waals surface area contributed by atoms with Gasteiger partial charge in [-0.05, 0) is 67.6 Å². The normalized spacial score (nSPS) is 10.9. The summed E-state index contributed by atoms with van der Waals surface area (Å²) in [5.74, 6) is -0.226. The molecule has 0 radical (unpaired) electrons. The second-order valence-corrected chi connectivity index (χ2v) is 10.2. The van der Waals surface area contributed by atoms with Crippen molar-refractivity contribution in [2.24, 2.45) is 0 Å². The highest BCUT2D eigenvalue weighted by molar-refractivity contribution is 8.00. The van der Waals surface area contributed by atoms with Gasteiger partial charge in [-0.15, -0.1) is 23.1 Å². The van der Waals surface area contributed by atoms with Gasteiger partial charge in [-0.2, -0.15) is 0 Å². The van der Waals surface area contributed by atoms with Gasteiger partial charge in [-0.1, -0.05) is 30.3 Å². The van der Waals surface area contributed by atoms with E-state index in [1.54, 1.807) is 33.3 Å². The van der Waals surface area contributed by atoms with E-state index in [-0.39, 0.29) is 36.0 Å². The number of hydrogen-bond donors (Lipinski definition) is 0. The van der Waals surface area contributed by atoms with Gasteiger partial charge in [0.15, 0.2) is 0 Å². The second-order valence-electron chi connectivity index (χ2n) is 8.12. The zero-order chi connectivity index (χ0) is 23.8. The molecule has 0 unspecified atom stereocenters. The quantitative estimate of drug-likeness (QED) is 0.344. The SMILES string of the molecule is Cc1ccsc1CN(Cc1ccc(F)cc1)C(=O)CN(C(=O)CSc1ccccc1)C(C)C. The van der Waals surface area contributed by atoms with Gasteiger partial charge in [0, 0.05) is 22.4 Å². The van der Waals surface area contributed by atoms with Crippen LogP contribution >= 0.6 is 23.1 Å². The van der Waals surface area contributed by atoms with E-state index >= 15 is 0 Å². The molecule has 0 spiro atoms. The van der Waals surface area contributed by atoms with Crippen molar-refractivity contribution in [2.75, 3.05) is 12.3 Å². The number of aryl methyl sites for hydroxylation is 1. The Labute approximate surface area is 203 Å². The number of thiophene rings is 1. The maximum Gasteiger partial charge on any atom is 0.242 e. The third-order valence-electron chi connectivity index (χ3n) is 5.30. The molecule has 1 heterocycles. The molecule has 2 aromatic carbocycles. The number of rotatable bonds is 10. The summed E-state index contributed by atoms with van der Waals surface area (Å²) in [6, 6.07) is 17.9. The van der Waals surface area contributed by atoms with E-state index in [0.717, 1.165) is 20.9 Å². The Hall–Kier alpha value is -2.64. The van der Waals surface area contributed by atoms with E-state index in [4.69, 9.17) is 0 Å². The minimum atomic E-state index is -0.307. The molecule has 3 rings (SSSR count). The summed E-state index contributed by atoms with van der Waals surface area (Å²) in [4.78, 5) is 31.9. The van der Waals surface area contributed by atoms with Crippen LogP contribution in [-0.2, 0) is 22.7 Å². The van der Waals surface area contributed by atoms with Crippen LogP contribution in [0.1, 0.15) is 29.9 Å². The molecular weight excluding hydrogens is 455 g/mol. The minimum absolute atomic E-state index is 0.0114. The molecule has 0 aliphatic carbocycles. The first-order valence-corrected chi connectivity index (χ1v) is 12.7. The molecule has 0 N–H and O–H groups in total. The Bertz CT molecular complexity index is 1050. The highest BCUT2D eigenvalue weighted by Crippen LogP contribution is 2.21. The molecule has 33 heavy (non-hydrogen) atoms. The zero-order valence-corrected chi connectivity index (χ0v) is 20.8. The number of halogens is 1. The first kappa shape index (κ1) is 25.0. The predicted molar refractivity (Wildman–Crippen MR) is 134 cm³/mol. The molecule has 0 fully saturated rings. The van der Waals surface area contributed by atoms with Crippen molar-refractivity contribution in [3.63, 3.8) is 0 Å². The van der Waals surface area contributed by atoms with E-state index in [9.17, 15) is 14.0 Å². The summed E-state index contributed by atoms with van der Waals surface area (Å²) in [6.07, 6.45) is 0. The Morgan fingerprint density at radius 2 is 1.67 bits per heavy atom. The largest absolute Gasteiger partial charge is 0.332 e. The van der Waals surface area contributed by atoms with Gasteiger partial charge in [0.2, 0.25) is 11.8 Å². The van der Waals surface area contributed by atoms with Gasteiger partial charge in [-0.3, -0.25) is 9.59 Å². The number of thioether (sulfide) groups is 1. The number of carbonyl (C=O) groups is 2. The summed E-state index contributed by atoms with van der Waals surface area (Å²) in [5, 5.41) is 2.01. The Morgan fingerprint density at radius 3 is 2.27 bits per heavy atom. The first-order chi connectivity index (χ1) is 15.8. The van der Waals surface area contributed by atoms with Crippen molar-refractivity contribution in [3.05, 3.63) is 87.9 Å². The monoisotopic (exact) mass is 484 g/mol. The molecule has 3 aromatic rings. The lowest BCUT2D eigenvalue weighted by molar-refractivity contribution is -0.141. The van der Waals surface area contributed by atoms with Crippen molar-refractivity contribution < 1.29 is 14.0 Å². The number of carbonyl (C=O) groups excluding carboxylic acids is 2. The van der Waals surface area contributed by atoms with Crippen molar-refractivity contribution in [1.82, 2.24) is 9.80 Å². The van der Waals surface area contributed by atoms with Crippen molar-refractivity contribution in [3.8, 4) is 0 Å². The maximum atomic E-state index is 13.4. The number of amides is 2. The highest BCUT2D eigenvalue weighted by Gasteiger charge is 2.24. The molecule has 0 bridgehead atoms. The lowest BCUT2D eigenvalue weighted by atomic mass is 10.2. The standard InChI is InChI=1S/C26H29FN2O2S2/c1-19(2)29(26(31)18-33-23-7-5-4-6-8-23)17-25(30)28(16-24-20(3)13-14-32-24)15-21-9-11-22(27)12-10-21/h4-14,19H,15-18H2,1-3H3. The van der Waals surface area contributed by atoms with E-state index < -0.39 is 0 Å². The van der Waals surface area contributed by atoms with Gasteiger partial charge in [0.25, 0.3) is 0 Å². The Morgan fingerprint density at radius 1 is 0.970 bits per heavy atom. The van der Waals surface area contributed by atoms with E-state index in [0.29, 0.717) is 13.1 Å². The van der Waals surface area contributed by atoms with Crippen molar-refractivity contribution in [1.29, 1.82) is 0 Å². The number of benzene rings is 2. The zero-order valence-electron chi connectivity index (χ0n) is 19.2. The van der Waals surface area contributed by atoms with Gasteiger partial charge >= 0.3 is 0 Å². The van der Waals surface area contributed by atoms with Gasteiger partial charge in [0.1, 0.15) is 12.4 Å². The van der Waals surface area contributed by atoms with Crippen LogP contribution in [0.15, 0.2) is 70.9 Å². The van der Waals surface area contributed by atoms with Crippen LogP contribution in [0.3, 0.4) is 0 Å². The topological polar surface area (TPSA) is 40.6 Å². The average molecular weight is 485 g/mol. The first-order valence-electron chi connectivity index (χ1n) is 10.9. The summed E-state index contributed by atoms with van der Waals surface area (Å²) in [6.45, 7) is 6.70. The summed E-state index contributed by atoms with van der Waals surface area (Å²) in [7, 11) is 0. The van der Waals surface area contributed by atoms with E-state index in [2.05, 4.69) is 0 Å². The lowest BCUT2D eigenvalue weighted by Crippen LogP contribution is -2.46. The van der Waals surface area contributed by atoms with Crippen LogP contribution in [0.4, 0.5) is 4.39 Å². The summed E-state index contributed by atoms with van der Waals surface area (Å²) >= 11 is 3.08. The molecule has 2 amide bonds. The number of nitrogens with zero attached hydrogens (tertiary/aromatic N) is 2. The molecule has 0 aliphatic rings. The van der Waals surface area contributed by atoms with Crippen LogP contribution < -0.4 is 0 Å². The lowest BCUT2D eigenvalue weighted by Gasteiger charge is -2.30. The number of hydrogen-bond acceptors (Lipinski definition) is 4. The van der Waals surface area contributed by atoms with Crippen molar-refractivity contribution >= 4 is 34.9 Å². The molecule has 0 atom stereocenters. The third-order valence-corrected chi connectivity index (χ3v) is 7.30. The molecule has 4 nitrogen and oxygen atoms in total. The maximum absolute atomic E-state index is 13.4. The van der Waals surface area contributed by atoms with Crippen LogP contribution in [0.2, 0.25) is 0 Å². The molecule has 1 aromatic heterocycles.